The number of methoxy groups -OCH3 is 1. The van der Waals surface area contributed by atoms with Gasteiger partial charge in [0, 0.05) is 45.3 Å². The van der Waals surface area contributed by atoms with Crippen molar-refractivity contribution >= 4 is 11.9 Å². The highest BCUT2D eigenvalue weighted by Crippen LogP contribution is 2.49. The van der Waals surface area contributed by atoms with E-state index in [9.17, 15) is 0 Å². The first-order valence-corrected chi connectivity index (χ1v) is 10.3. The zero-order valence-corrected chi connectivity index (χ0v) is 16.3. The van der Waals surface area contributed by atoms with Crippen molar-refractivity contribution in [2.75, 3.05) is 46.5 Å². The summed E-state index contributed by atoms with van der Waals surface area (Å²) in [4.78, 5) is 2.68. The molecule has 25 heavy (non-hydrogen) atoms. The van der Waals surface area contributed by atoms with Crippen LogP contribution in [0, 0.1) is 5.41 Å². The highest BCUT2D eigenvalue weighted by atomic mass is 32.2. The molecule has 2 aliphatic heterocycles. The first-order valence-electron chi connectivity index (χ1n) is 9.50. The largest absolute Gasteiger partial charge is 0.480 e. The second-order valence-electron chi connectivity index (χ2n) is 7.71. The molecule has 4 rings (SSSR count). The maximum absolute atomic E-state index is 5.52. The fraction of sp³-hybridized carbons (Fsp3) is 0.833. The Balaban J connectivity index is 1.30. The summed E-state index contributed by atoms with van der Waals surface area (Å²) >= 11 is 1.83. The molecule has 1 atom stereocenters. The molecule has 3 aliphatic rings. The van der Waals surface area contributed by atoms with E-state index in [0.29, 0.717) is 11.3 Å². The standard InChI is InChI=1S/C18H30N4O2S/c1-20-17(13-16(19-20)23-2)25-22-7-5-18(6-8-22)4-3-15(14-18)21-9-11-24-12-10-21/h13,15H,3-12,14H2,1-2H3. The Kier molecular flexibility index (Phi) is 5.27. The smallest absolute Gasteiger partial charge is 0.233 e. The van der Waals surface area contributed by atoms with E-state index in [4.69, 9.17) is 9.47 Å². The summed E-state index contributed by atoms with van der Waals surface area (Å²) < 4.78 is 15.2. The van der Waals surface area contributed by atoms with Gasteiger partial charge in [-0.2, -0.15) is 0 Å². The van der Waals surface area contributed by atoms with E-state index in [0.717, 1.165) is 37.4 Å². The minimum Gasteiger partial charge on any atom is -0.480 e. The maximum atomic E-state index is 5.52. The molecule has 0 radical (unpaired) electrons. The molecule has 7 heteroatoms. The zero-order valence-electron chi connectivity index (χ0n) is 15.4. The molecule has 140 valence electrons. The van der Waals surface area contributed by atoms with Gasteiger partial charge >= 0.3 is 0 Å². The van der Waals surface area contributed by atoms with Crippen molar-refractivity contribution in [1.82, 2.24) is 19.0 Å². The van der Waals surface area contributed by atoms with Crippen molar-refractivity contribution in [2.24, 2.45) is 12.5 Å². The van der Waals surface area contributed by atoms with Crippen LogP contribution in [0.15, 0.2) is 11.1 Å². The van der Waals surface area contributed by atoms with Gasteiger partial charge in [-0.25, -0.2) is 4.31 Å². The molecule has 6 nitrogen and oxygen atoms in total. The third-order valence-corrected chi connectivity index (χ3v) is 7.46. The summed E-state index contributed by atoms with van der Waals surface area (Å²) in [5, 5.41) is 5.52. The number of rotatable bonds is 4. The van der Waals surface area contributed by atoms with Crippen LogP contribution in [-0.2, 0) is 11.8 Å². The van der Waals surface area contributed by atoms with Crippen LogP contribution in [0.1, 0.15) is 32.1 Å². The Morgan fingerprint density at radius 1 is 1.20 bits per heavy atom. The lowest BCUT2D eigenvalue weighted by Gasteiger charge is -2.40. The van der Waals surface area contributed by atoms with E-state index in [1.165, 1.54) is 45.2 Å². The molecular formula is C18H30N4O2S. The molecule has 1 aromatic rings. The summed E-state index contributed by atoms with van der Waals surface area (Å²) in [5.41, 5.74) is 0.587. The molecule has 1 aromatic heterocycles. The quantitative estimate of drug-likeness (QED) is 0.763. The predicted molar refractivity (Wildman–Crippen MR) is 98.9 cm³/mol. The number of aryl methyl sites for hydroxylation is 1. The van der Waals surface area contributed by atoms with Gasteiger partial charge in [0.15, 0.2) is 0 Å². The Hall–Kier alpha value is -0.760. The van der Waals surface area contributed by atoms with Gasteiger partial charge in [0.05, 0.1) is 20.3 Å². The molecular weight excluding hydrogens is 336 g/mol. The molecule has 2 saturated heterocycles. The average molecular weight is 367 g/mol. The second-order valence-corrected chi connectivity index (χ2v) is 8.83. The normalized spacial score (nSPS) is 27.8. The second kappa shape index (κ2) is 7.47. The van der Waals surface area contributed by atoms with Gasteiger partial charge in [0.2, 0.25) is 5.88 Å². The zero-order chi connectivity index (χ0) is 17.3. The molecule has 1 saturated carbocycles. The van der Waals surface area contributed by atoms with Crippen molar-refractivity contribution in [3.63, 3.8) is 0 Å². The van der Waals surface area contributed by atoms with Crippen LogP contribution < -0.4 is 4.74 Å². The number of hydrogen-bond donors (Lipinski definition) is 0. The summed E-state index contributed by atoms with van der Waals surface area (Å²) in [5.74, 6) is 0.697. The minimum atomic E-state index is 0.587. The van der Waals surface area contributed by atoms with Crippen LogP contribution in [0.2, 0.25) is 0 Å². The van der Waals surface area contributed by atoms with E-state index >= 15 is 0 Å². The van der Waals surface area contributed by atoms with Crippen molar-refractivity contribution in [1.29, 1.82) is 0 Å². The SMILES string of the molecule is COc1cc(SN2CCC3(CCC(N4CCOCC4)C3)CC2)n(C)n1. The topological polar surface area (TPSA) is 42.8 Å². The Labute approximate surface area is 155 Å². The monoisotopic (exact) mass is 366 g/mol. The van der Waals surface area contributed by atoms with Crippen LogP contribution in [0.3, 0.4) is 0 Å². The van der Waals surface area contributed by atoms with Crippen molar-refractivity contribution < 1.29 is 9.47 Å². The fourth-order valence-corrected chi connectivity index (χ4v) is 5.62. The summed E-state index contributed by atoms with van der Waals surface area (Å²) in [6.45, 7) is 6.45. The van der Waals surface area contributed by atoms with Crippen LogP contribution in [0.25, 0.3) is 0 Å². The Morgan fingerprint density at radius 2 is 1.96 bits per heavy atom. The molecule has 0 bridgehead atoms. The van der Waals surface area contributed by atoms with Gasteiger partial charge in [-0.1, -0.05) is 0 Å². The molecule has 3 fully saturated rings. The third-order valence-electron chi connectivity index (χ3n) is 6.27. The number of ether oxygens (including phenoxy) is 2. The average Bonchev–Trinajstić information content (AvgIpc) is 3.22. The predicted octanol–water partition coefficient (Wildman–Crippen LogP) is 2.40. The van der Waals surface area contributed by atoms with Gasteiger partial charge < -0.3 is 9.47 Å². The van der Waals surface area contributed by atoms with E-state index in [-0.39, 0.29) is 0 Å². The van der Waals surface area contributed by atoms with E-state index in [2.05, 4.69) is 14.3 Å². The number of hydrogen-bond acceptors (Lipinski definition) is 6. The van der Waals surface area contributed by atoms with E-state index in [1.54, 1.807) is 7.11 Å². The van der Waals surface area contributed by atoms with E-state index < -0.39 is 0 Å². The van der Waals surface area contributed by atoms with Crippen LogP contribution in [-0.4, -0.2) is 71.5 Å². The van der Waals surface area contributed by atoms with Gasteiger partial charge in [-0.15, -0.1) is 5.10 Å². The summed E-state index contributed by atoms with van der Waals surface area (Å²) in [7, 11) is 3.66. The molecule has 0 aromatic carbocycles. The highest BCUT2D eigenvalue weighted by Gasteiger charge is 2.43. The number of piperidine rings is 1. The van der Waals surface area contributed by atoms with Crippen LogP contribution in [0.4, 0.5) is 0 Å². The highest BCUT2D eigenvalue weighted by molar-refractivity contribution is 7.97. The van der Waals surface area contributed by atoms with Gasteiger partial charge in [-0.05, 0) is 49.5 Å². The first kappa shape index (κ1) is 17.6. The fourth-order valence-electron chi connectivity index (χ4n) is 4.68. The molecule has 0 N–H and O–H groups in total. The number of nitrogens with zero attached hydrogens (tertiary/aromatic N) is 4. The maximum Gasteiger partial charge on any atom is 0.233 e. The van der Waals surface area contributed by atoms with E-state index in [1.807, 2.05) is 29.7 Å². The van der Waals surface area contributed by atoms with Crippen LogP contribution >= 0.6 is 11.9 Å². The third kappa shape index (κ3) is 3.84. The Morgan fingerprint density at radius 3 is 2.64 bits per heavy atom. The molecule has 0 amide bonds. The van der Waals surface area contributed by atoms with Gasteiger partial charge in [-0.3, -0.25) is 9.58 Å². The summed E-state index contributed by atoms with van der Waals surface area (Å²) in [6.07, 6.45) is 6.84. The lowest BCUT2D eigenvalue weighted by molar-refractivity contribution is 0.0138. The van der Waals surface area contributed by atoms with Gasteiger partial charge in [0.25, 0.3) is 0 Å². The lowest BCUT2D eigenvalue weighted by Crippen LogP contribution is -2.43. The number of aromatic nitrogens is 2. The number of morpholine rings is 1. The lowest BCUT2D eigenvalue weighted by atomic mass is 9.77. The first-order chi connectivity index (χ1) is 12.2. The van der Waals surface area contributed by atoms with Gasteiger partial charge in [0.1, 0.15) is 5.03 Å². The minimum absolute atomic E-state index is 0.587. The van der Waals surface area contributed by atoms with Crippen molar-refractivity contribution in [3.8, 4) is 5.88 Å². The Bertz CT molecular complexity index is 580. The summed E-state index contributed by atoms with van der Waals surface area (Å²) in [6, 6.07) is 2.82. The van der Waals surface area contributed by atoms with Crippen LogP contribution in [0.5, 0.6) is 5.88 Å². The molecule has 3 heterocycles. The molecule has 1 unspecified atom stereocenters. The van der Waals surface area contributed by atoms with Crippen molar-refractivity contribution in [2.45, 2.75) is 43.2 Å². The van der Waals surface area contributed by atoms with Crippen molar-refractivity contribution in [3.05, 3.63) is 6.07 Å². The molecule has 1 spiro atoms. The molecule has 1 aliphatic carbocycles.